The normalized spacial score (nSPS) is 30.3. The molecule has 2 saturated carbocycles. The molecule has 0 unspecified atom stereocenters. The first-order valence-corrected chi connectivity index (χ1v) is 10.9. The Kier molecular flexibility index (Phi) is 7.14. The molecular weight excluding hydrogens is 374 g/mol. The minimum absolute atomic E-state index is 0.0155. The minimum atomic E-state index is -0.662. The number of hydrogen-bond donors (Lipinski definition) is 2. The van der Waals surface area contributed by atoms with E-state index in [2.05, 4.69) is 24.5 Å². The average Bonchev–Trinajstić information content (AvgIpc) is 3.31. The maximum atomic E-state index is 12.5. The highest BCUT2D eigenvalue weighted by Crippen LogP contribution is 2.35. The number of urea groups is 1. The molecule has 0 aromatic rings. The molecule has 3 aliphatic rings. The molecule has 0 bridgehead atoms. The van der Waals surface area contributed by atoms with Crippen molar-refractivity contribution in [1.29, 1.82) is 0 Å². The highest BCUT2D eigenvalue weighted by Gasteiger charge is 2.42. The molecule has 1 heterocycles. The van der Waals surface area contributed by atoms with Crippen LogP contribution in [-0.2, 0) is 19.1 Å². The summed E-state index contributed by atoms with van der Waals surface area (Å²) in [6, 6.07) is -0.280. The molecule has 8 nitrogen and oxygen atoms in total. The third-order valence-electron chi connectivity index (χ3n) is 6.84. The summed E-state index contributed by atoms with van der Waals surface area (Å²) in [6.45, 7) is 4.22. The average molecular weight is 408 g/mol. The monoisotopic (exact) mass is 407 g/mol. The predicted octanol–water partition coefficient (Wildman–Crippen LogP) is 1.97. The van der Waals surface area contributed by atoms with E-state index in [4.69, 9.17) is 4.74 Å². The lowest BCUT2D eigenvalue weighted by molar-refractivity contribution is -0.152. The third-order valence-corrected chi connectivity index (χ3v) is 6.84. The van der Waals surface area contributed by atoms with Crippen LogP contribution in [0.2, 0.25) is 0 Å². The Morgan fingerprint density at radius 1 is 1.07 bits per heavy atom. The summed E-state index contributed by atoms with van der Waals surface area (Å²) in [7, 11) is 0. The maximum Gasteiger partial charge on any atom is 0.321 e. The fraction of sp³-hybridized carbons (Fsp3) is 0.810. The van der Waals surface area contributed by atoms with E-state index in [1.165, 1.54) is 6.42 Å². The van der Waals surface area contributed by atoms with Crippen molar-refractivity contribution in [1.82, 2.24) is 15.5 Å². The van der Waals surface area contributed by atoms with E-state index in [0.29, 0.717) is 18.4 Å². The fourth-order valence-electron chi connectivity index (χ4n) is 4.91. The number of likely N-dealkylation sites (tertiary alicyclic amines) is 1. The van der Waals surface area contributed by atoms with Crippen molar-refractivity contribution in [3.05, 3.63) is 0 Å². The topological polar surface area (TPSA) is 105 Å². The Labute approximate surface area is 172 Å². The SMILES string of the molecule is C[C@@H]1[C@H](C)CCC[C@H]1N1C[C@H](C(=O)OCC(=O)NC(=O)NC2CCCC2)CC1=O. The van der Waals surface area contributed by atoms with Gasteiger partial charge in [0.2, 0.25) is 5.91 Å². The zero-order valence-corrected chi connectivity index (χ0v) is 17.4. The van der Waals surface area contributed by atoms with E-state index in [1.54, 1.807) is 0 Å². The van der Waals surface area contributed by atoms with Crippen LogP contribution in [0.15, 0.2) is 0 Å². The van der Waals surface area contributed by atoms with Gasteiger partial charge < -0.3 is 15.0 Å². The second-order valence-corrected chi connectivity index (χ2v) is 8.89. The lowest BCUT2D eigenvalue weighted by Crippen LogP contribution is -2.45. The first-order valence-electron chi connectivity index (χ1n) is 10.9. The quantitative estimate of drug-likeness (QED) is 0.678. The van der Waals surface area contributed by atoms with Gasteiger partial charge in [0, 0.05) is 25.0 Å². The lowest BCUT2D eigenvalue weighted by Gasteiger charge is -2.39. The largest absolute Gasteiger partial charge is 0.455 e. The molecule has 0 radical (unpaired) electrons. The van der Waals surface area contributed by atoms with Crippen molar-refractivity contribution in [2.45, 2.75) is 77.3 Å². The first-order chi connectivity index (χ1) is 13.8. The van der Waals surface area contributed by atoms with Gasteiger partial charge in [0.15, 0.2) is 6.61 Å². The number of nitrogens with zero attached hydrogens (tertiary/aromatic N) is 1. The van der Waals surface area contributed by atoms with Crippen molar-refractivity contribution in [2.75, 3.05) is 13.2 Å². The van der Waals surface area contributed by atoms with Gasteiger partial charge in [-0.15, -0.1) is 0 Å². The minimum Gasteiger partial charge on any atom is -0.455 e. The predicted molar refractivity (Wildman–Crippen MR) is 106 cm³/mol. The zero-order chi connectivity index (χ0) is 21.0. The van der Waals surface area contributed by atoms with Crippen molar-refractivity contribution in [2.24, 2.45) is 17.8 Å². The van der Waals surface area contributed by atoms with Crippen LogP contribution < -0.4 is 10.6 Å². The van der Waals surface area contributed by atoms with E-state index >= 15 is 0 Å². The summed E-state index contributed by atoms with van der Waals surface area (Å²) in [6.07, 6.45) is 7.35. The Hall–Kier alpha value is -2.12. The molecule has 0 aromatic heterocycles. The van der Waals surface area contributed by atoms with Gasteiger partial charge in [-0.2, -0.15) is 0 Å². The van der Waals surface area contributed by atoms with Gasteiger partial charge in [-0.3, -0.25) is 19.7 Å². The number of carbonyl (C=O) groups is 4. The highest BCUT2D eigenvalue weighted by molar-refractivity contribution is 5.96. The first kappa shape index (κ1) is 21.6. The molecule has 2 aliphatic carbocycles. The highest BCUT2D eigenvalue weighted by atomic mass is 16.5. The summed E-state index contributed by atoms with van der Waals surface area (Å²) in [4.78, 5) is 50.3. The van der Waals surface area contributed by atoms with Crippen LogP contribution in [0.5, 0.6) is 0 Å². The second-order valence-electron chi connectivity index (χ2n) is 8.89. The number of esters is 1. The van der Waals surface area contributed by atoms with Gasteiger partial charge in [0.05, 0.1) is 5.92 Å². The van der Waals surface area contributed by atoms with Crippen LogP contribution in [0.1, 0.15) is 65.2 Å². The number of ether oxygens (including phenoxy) is 1. The lowest BCUT2D eigenvalue weighted by atomic mass is 9.77. The molecule has 8 heteroatoms. The molecule has 3 rings (SSSR count). The molecule has 3 fully saturated rings. The Morgan fingerprint density at radius 2 is 1.79 bits per heavy atom. The Morgan fingerprint density at radius 3 is 2.52 bits per heavy atom. The van der Waals surface area contributed by atoms with Crippen molar-refractivity contribution in [3.63, 3.8) is 0 Å². The Bertz CT molecular complexity index is 646. The third kappa shape index (κ3) is 5.48. The van der Waals surface area contributed by atoms with Crippen LogP contribution >= 0.6 is 0 Å². The summed E-state index contributed by atoms with van der Waals surface area (Å²) in [5, 5.41) is 4.93. The number of nitrogens with one attached hydrogen (secondary N) is 2. The zero-order valence-electron chi connectivity index (χ0n) is 17.4. The molecule has 2 N–H and O–H groups in total. The van der Waals surface area contributed by atoms with Crippen LogP contribution in [0, 0.1) is 17.8 Å². The van der Waals surface area contributed by atoms with Crippen molar-refractivity contribution >= 4 is 23.8 Å². The summed E-state index contributed by atoms with van der Waals surface area (Å²) < 4.78 is 5.08. The molecule has 162 valence electrons. The second kappa shape index (κ2) is 9.59. The van der Waals surface area contributed by atoms with E-state index in [1.807, 2.05) is 4.90 Å². The number of carbonyl (C=O) groups excluding carboxylic acids is 4. The van der Waals surface area contributed by atoms with Crippen molar-refractivity contribution in [3.8, 4) is 0 Å². The molecule has 4 amide bonds. The molecular formula is C21H33N3O5. The van der Waals surface area contributed by atoms with Crippen LogP contribution in [-0.4, -0.2) is 54.0 Å². The van der Waals surface area contributed by atoms with Gasteiger partial charge in [-0.25, -0.2) is 4.79 Å². The van der Waals surface area contributed by atoms with E-state index in [0.717, 1.165) is 38.5 Å². The van der Waals surface area contributed by atoms with Gasteiger partial charge in [0.25, 0.3) is 5.91 Å². The molecule has 4 atom stereocenters. The number of amides is 4. The van der Waals surface area contributed by atoms with Crippen LogP contribution in [0.25, 0.3) is 0 Å². The summed E-state index contributed by atoms with van der Waals surface area (Å²) >= 11 is 0. The van der Waals surface area contributed by atoms with Gasteiger partial charge >= 0.3 is 12.0 Å². The van der Waals surface area contributed by atoms with Crippen LogP contribution in [0.4, 0.5) is 4.79 Å². The van der Waals surface area contributed by atoms with E-state index in [-0.39, 0.29) is 24.4 Å². The molecule has 1 aliphatic heterocycles. The van der Waals surface area contributed by atoms with E-state index < -0.39 is 30.4 Å². The molecule has 1 saturated heterocycles. The van der Waals surface area contributed by atoms with Crippen LogP contribution in [0.3, 0.4) is 0 Å². The van der Waals surface area contributed by atoms with Crippen molar-refractivity contribution < 1.29 is 23.9 Å². The molecule has 0 spiro atoms. The number of imide groups is 1. The standard InChI is InChI=1S/C21H33N3O5/c1-13-6-5-9-17(14(13)2)24-11-15(10-19(24)26)20(27)29-12-18(25)23-21(28)22-16-7-3-4-8-16/h13-17H,3-12H2,1-2H3,(H2,22,23,25,28)/t13-,14-,15-,17-/m1/s1. The van der Waals surface area contributed by atoms with Gasteiger partial charge in [-0.05, 0) is 31.1 Å². The number of hydrogen-bond acceptors (Lipinski definition) is 5. The molecule has 0 aromatic carbocycles. The smallest absolute Gasteiger partial charge is 0.321 e. The maximum absolute atomic E-state index is 12.5. The summed E-state index contributed by atoms with van der Waals surface area (Å²) in [5.41, 5.74) is 0. The van der Waals surface area contributed by atoms with Gasteiger partial charge in [0.1, 0.15) is 0 Å². The summed E-state index contributed by atoms with van der Waals surface area (Å²) in [5.74, 6) is -0.808. The fourth-order valence-corrected chi connectivity index (χ4v) is 4.91. The molecule has 29 heavy (non-hydrogen) atoms. The number of rotatable bonds is 5. The van der Waals surface area contributed by atoms with E-state index in [9.17, 15) is 19.2 Å². The van der Waals surface area contributed by atoms with Gasteiger partial charge in [-0.1, -0.05) is 39.5 Å². The Balaban J connectivity index is 1.42.